The van der Waals surface area contributed by atoms with E-state index in [0.29, 0.717) is 6.04 Å². The zero-order valence-electron chi connectivity index (χ0n) is 9.95. The lowest BCUT2D eigenvalue weighted by Gasteiger charge is -2.40. The van der Waals surface area contributed by atoms with Gasteiger partial charge in [0.25, 0.3) is 0 Å². The van der Waals surface area contributed by atoms with Crippen molar-refractivity contribution in [1.29, 1.82) is 0 Å². The summed E-state index contributed by atoms with van der Waals surface area (Å²) in [6.45, 7) is 10.1. The van der Waals surface area contributed by atoms with Gasteiger partial charge in [-0.3, -0.25) is 4.90 Å². The van der Waals surface area contributed by atoms with Crippen LogP contribution in [0.5, 0.6) is 0 Å². The number of hydrogen-bond acceptors (Lipinski definition) is 3. The van der Waals surface area contributed by atoms with Crippen molar-refractivity contribution in [1.82, 2.24) is 9.80 Å². The third kappa shape index (κ3) is 2.69. The zero-order chi connectivity index (χ0) is 10.8. The summed E-state index contributed by atoms with van der Waals surface area (Å²) in [5, 5.41) is 9.37. The van der Waals surface area contributed by atoms with Crippen molar-refractivity contribution in [3.8, 4) is 0 Å². The molecule has 84 valence electrons. The lowest BCUT2D eigenvalue weighted by molar-refractivity contribution is 0.0300. The predicted octanol–water partition coefficient (Wildman–Crippen LogP) is 0.783. The van der Waals surface area contributed by atoms with Gasteiger partial charge >= 0.3 is 0 Å². The first-order chi connectivity index (χ1) is 6.47. The molecule has 1 saturated heterocycles. The average molecular weight is 200 g/mol. The Kier molecular flexibility index (Phi) is 3.93. The maximum absolute atomic E-state index is 9.37. The molecule has 1 fully saturated rings. The Labute approximate surface area is 87.7 Å². The predicted molar refractivity (Wildman–Crippen MR) is 59.4 cm³/mol. The van der Waals surface area contributed by atoms with Gasteiger partial charge in [-0.15, -0.1) is 0 Å². The summed E-state index contributed by atoms with van der Waals surface area (Å²) >= 11 is 0. The van der Waals surface area contributed by atoms with Crippen LogP contribution in [0.25, 0.3) is 0 Å². The average Bonchev–Trinajstić information content (AvgIpc) is 2.27. The molecular weight excluding hydrogens is 176 g/mol. The van der Waals surface area contributed by atoms with Gasteiger partial charge in [-0.05, 0) is 40.8 Å². The molecule has 14 heavy (non-hydrogen) atoms. The van der Waals surface area contributed by atoms with Crippen molar-refractivity contribution in [3.63, 3.8) is 0 Å². The van der Waals surface area contributed by atoms with Crippen LogP contribution in [0.4, 0.5) is 0 Å². The molecule has 3 nitrogen and oxygen atoms in total. The molecule has 1 aliphatic heterocycles. The van der Waals surface area contributed by atoms with Gasteiger partial charge in [-0.1, -0.05) is 0 Å². The molecule has 0 aromatic carbocycles. The van der Waals surface area contributed by atoms with E-state index in [0.717, 1.165) is 13.1 Å². The van der Waals surface area contributed by atoms with E-state index in [4.69, 9.17) is 0 Å². The number of likely N-dealkylation sites (N-methyl/N-ethyl adjacent to an activating group) is 1. The van der Waals surface area contributed by atoms with Crippen LogP contribution >= 0.6 is 0 Å². The fraction of sp³-hybridized carbons (Fsp3) is 1.00. The Bertz CT molecular complexity index is 182. The van der Waals surface area contributed by atoms with Gasteiger partial charge in [-0.25, -0.2) is 0 Å². The zero-order valence-corrected chi connectivity index (χ0v) is 9.95. The van der Waals surface area contributed by atoms with E-state index < -0.39 is 0 Å². The third-order valence-electron chi connectivity index (χ3n) is 3.21. The summed E-state index contributed by atoms with van der Waals surface area (Å²) < 4.78 is 0. The van der Waals surface area contributed by atoms with E-state index in [1.54, 1.807) is 0 Å². The monoisotopic (exact) mass is 200 g/mol. The summed E-state index contributed by atoms with van der Waals surface area (Å²) in [5.41, 5.74) is -0.0788. The Balaban J connectivity index is 2.67. The molecule has 0 amide bonds. The number of hydrogen-bond donors (Lipinski definition) is 1. The Morgan fingerprint density at radius 1 is 1.36 bits per heavy atom. The highest BCUT2D eigenvalue weighted by molar-refractivity contribution is 4.87. The Hall–Kier alpha value is -0.120. The molecule has 1 rings (SSSR count). The SMILES string of the molecule is CC1CN(C)CCCN1C(C)(C)CO. The molecule has 0 aliphatic carbocycles. The van der Waals surface area contributed by atoms with Crippen LogP contribution in [-0.2, 0) is 0 Å². The van der Waals surface area contributed by atoms with Gasteiger partial charge in [0.05, 0.1) is 6.61 Å². The molecule has 0 aromatic rings. The topological polar surface area (TPSA) is 26.7 Å². The summed E-state index contributed by atoms with van der Waals surface area (Å²) in [7, 11) is 2.17. The lowest BCUT2D eigenvalue weighted by atomic mass is 10.0. The van der Waals surface area contributed by atoms with E-state index in [9.17, 15) is 5.11 Å². The van der Waals surface area contributed by atoms with Gasteiger partial charge in [-0.2, -0.15) is 0 Å². The number of rotatable bonds is 2. The van der Waals surface area contributed by atoms with Crippen LogP contribution in [0, 0.1) is 0 Å². The minimum Gasteiger partial charge on any atom is -0.394 e. The standard InChI is InChI=1S/C11H24N2O/c1-10-8-12(4)6-5-7-13(10)11(2,3)9-14/h10,14H,5-9H2,1-4H3. The van der Waals surface area contributed by atoms with Crippen LogP contribution in [0.2, 0.25) is 0 Å². The minimum absolute atomic E-state index is 0.0788. The Morgan fingerprint density at radius 2 is 2.00 bits per heavy atom. The fourth-order valence-electron chi connectivity index (χ4n) is 2.36. The van der Waals surface area contributed by atoms with Crippen molar-refractivity contribution < 1.29 is 5.11 Å². The van der Waals surface area contributed by atoms with Crippen LogP contribution < -0.4 is 0 Å². The highest BCUT2D eigenvalue weighted by atomic mass is 16.3. The van der Waals surface area contributed by atoms with Crippen LogP contribution in [0.1, 0.15) is 27.2 Å². The highest BCUT2D eigenvalue weighted by Gasteiger charge is 2.31. The van der Waals surface area contributed by atoms with Gasteiger partial charge in [0.15, 0.2) is 0 Å². The normalized spacial score (nSPS) is 27.6. The van der Waals surface area contributed by atoms with E-state index >= 15 is 0 Å². The molecular formula is C11H24N2O. The number of aliphatic hydroxyl groups excluding tert-OH is 1. The second-order valence-electron chi connectivity index (χ2n) is 5.13. The number of aliphatic hydroxyl groups is 1. The molecule has 1 N–H and O–H groups in total. The molecule has 1 unspecified atom stereocenters. The molecule has 0 bridgehead atoms. The molecule has 0 spiro atoms. The molecule has 1 heterocycles. The molecule has 0 aromatic heterocycles. The minimum atomic E-state index is -0.0788. The van der Waals surface area contributed by atoms with E-state index in [1.165, 1.54) is 13.0 Å². The van der Waals surface area contributed by atoms with Crippen LogP contribution in [0.3, 0.4) is 0 Å². The van der Waals surface area contributed by atoms with Gasteiger partial charge < -0.3 is 10.0 Å². The first-order valence-electron chi connectivity index (χ1n) is 5.53. The van der Waals surface area contributed by atoms with Crippen LogP contribution in [0.15, 0.2) is 0 Å². The second-order valence-corrected chi connectivity index (χ2v) is 5.13. The first-order valence-corrected chi connectivity index (χ1v) is 5.53. The van der Waals surface area contributed by atoms with Gasteiger partial charge in [0, 0.05) is 24.7 Å². The maximum Gasteiger partial charge on any atom is 0.0610 e. The summed E-state index contributed by atoms with van der Waals surface area (Å²) in [6, 6.07) is 0.532. The van der Waals surface area contributed by atoms with E-state index in [2.05, 4.69) is 37.6 Å². The Morgan fingerprint density at radius 3 is 2.57 bits per heavy atom. The summed E-state index contributed by atoms with van der Waals surface area (Å²) in [5.74, 6) is 0. The largest absolute Gasteiger partial charge is 0.394 e. The molecule has 1 atom stereocenters. The molecule has 0 radical (unpaired) electrons. The number of nitrogens with zero attached hydrogens (tertiary/aromatic N) is 2. The van der Waals surface area contributed by atoms with Crippen molar-refractivity contribution in [2.24, 2.45) is 0 Å². The van der Waals surface area contributed by atoms with Crippen molar-refractivity contribution in [3.05, 3.63) is 0 Å². The smallest absolute Gasteiger partial charge is 0.0610 e. The highest BCUT2D eigenvalue weighted by Crippen LogP contribution is 2.20. The molecule has 1 aliphatic rings. The summed E-state index contributed by atoms with van der Waals surface area (Å²) in [4.78, 5) is 4.80. The molecule has 0 saturated carbocycles. The van der Waals surface area contributed by atoms with Crippen LogP contribution in [-0.4, -0.2) is 59.8 Å². The third-order valence-corrected chi connectivity index (χ3v) is 3.21. The quantitative estimate of drug-likeness (QED) is 0.714. The summed E-state index contributed by atoms with van der Waals surface area (Å²) in [6.07, 6.45) is 1.20. The van der Waals surface area contributed by atoms with E-state index in [1.807, 2.05) is 0 Å². The van der Waals surface area contributed by atoms with Crippen molar-refractivity contribution in [2.75, 3.05) is 33.3 Å². The van der Waals surface area contributed by atoms with Gasteiger partial charge in [0.2, 0.25) is 0 Å². The van der Waals surface area contributed by atoms with E-state index in [-0.39, 0.29) is 12.1 Å². The van der Waals surface area contributed by atoms with Gasteiger partial charge in [0.1, 0.15) is 0 Å². The lowest BCUT2D eigenvalue weighted by Crippen LogP contribution is -2.52. The van der Waals surface area contributed by atoms with Crippen molar-refractivity contribution in [2.45, 2.75) is 38.8 Å². The molecule has 3 heteroatoms. The second kappa shape index (κ2) is 4.60. The maximum atomic E-state index is 9.37. The first kappa shape index (κ1) is 12.0. The fourth-order valence-corrected chi connectivity index (χ4v) is 2.36. The van der Waals surface area contributed by atoms with Crippen molar-refractivity contribution >= 4 is 0 Å².